The molecular weight excluding hydrogens is 146 g/mol. The van der Waals surface area contributed by atoms with Crippen LogP contribution in [0.5, 0.6) is 0 Å². The Hall–Kier alpha value is -1.36. The van der Waals surface area contributed by atoms with Gasteiger partial charge in [0.15, 0.2) is 0 Å². The van der Waals surface area contributed by atoms with Gasteiger partial charge in [0.05, 0.1) is 5.69 Å². The van der Waals surface area contributed by atoms with Gasteiger partial charge in [0.1, 0.15) is 6.04 Å². The van der Waals surface area contributed by atoms with Crippen LogP contribution in [-0.2, 0) is 11.3 Å². The van der Waals surface area contributed by atoms with E-state index >= 15 is 0 Å². The van der Waals surface area contributed by atoms with Crippen LogP contribution in [0, 0.1) is 0 Å². The third-order valence-corrected chi connectivity index (χ3v) is 1.78. The van der Waals surface area contributed by atoms with Gasteiger partial charge >= 0.3 is 5.97 Å². The molecule has 0 radical (unpaired) electrons. The predicted octanol–water partition coefficient (Wildman–Crippen LogP) is -0.361. The number of rotatable bonds is 1. The molecule has 0 aliphatic carbocycles. The van der Waals surface area contributed by atoms with E-state index in [9.17, 15) is 4.79 Å². The molecule has 2 rings (SSSR count). The minimum atomic E-state index is -0.856. The molecule has 1 aliphatic heterocycles. The molecule has 0 amide bonds. The lowest BCUT2D eigenvalue weighted by molar-refractivity contribution is -0.139. The van der Waals surface area contributed by atoms with Gasteiger partial charge in [0.25, 0.3) is 0 Å². The summed E-state index contributed by atoms with van der Waals surface area (Å²) in [4.78, 5) is 10.6. The molecule has 0 fully saturated rings. The van der Waals surface area contributed by atoms with Gasteiger partial charge in [0.2, 0.25) is 0 Å². The van der Waals surface area contributed by atoms with Crippen molar-refractivity contribution >= 4 is 5.97 Å². The van der Waals surface area contributed by atoms with Crippen molar-refractivity contribution in [3.8, 4) is 0 Å². The van der Waals surface area contributed by atoms with E-state index < -0.39 is 12.0 Å². The fourth-order valence-corrected chi connectivity index (χ4v) is 1.25. The molecule has 0 saturated carbocycles. The molecule has 1 aliphatic rings. The SMILES string of the molecule is O=C(O)C1NCc2n[nH]cc21. The van der Waals surface area contributed by atoms with Gasteiger partial charge in [-0.3, -0.25) is 15.2 Å². The Morgan fingerprint density at radius 3 is 3.36 bits per heavy atom. The largest absolute Gasteiger partial charge is 0.480 e. The number of fused-ring (bicyclic) bond motifs is 1. The molecule has 1 aromatic rings. The maximum atomic E-state index is 10.6. The van der Waals surface area contributed by atoms with E-state index in [1.165, 1.54) is 0 Å². The highest BCUT2D eigenvalue weighted by molar-refractivity contribution is 5.76. The van der Waals surface area contributed by atoms with Crippen molar-refractivity contribution in [1.82, 2.24) is 15.5 Å². The van der Waals surface area contributed by atoms with Crippen LogP contribution >= 0.6 is 0 Å². The van der Waals surface area contributed by atoms with Crippen LogP contribution in [0.2, 0.25) is 0 Å². The average Bonchev–Trinajstić information content (AvgIpc) is 2.41. The topological polar surface area (TPSA) is 78.0 Å². The van der Waals surface area contributed by atoms with Crippen LogP contribution in [-0.4, -0.2) is 21.3 Å². The van der Waals surface area contributed by atoms with Gasteiger partial charge < -0.3 is 5.11 Å². The molecule has 3 N–H and O–H groups in total. The second-order valence-corrected chi connectivity index (χ2v) is 2.44. The molecule has 2 heterocycles. The molecule has 0 aromatic carbocycles. The van der Waals surface area contributed by atoms with Gasteiger partial charge in [0, 0.05) is 18.3 Å². The molecule has 58 valence electrons. The van der Waals surface area contributed by atoms with Crippen molar-refractivity contribution in [2.75, 3.05) is 0 Å². The normalized spacial score (nSPS) is 21.6. The number of H-pyrrole nitrogens is 1. The monoisotopic (exact) mass is 153 g/mol. The molecular formula is C6H7N3O2. The van der Waals surface area contributed by atoms with Crippen LogP contribution < -0.4 is 5.32 Å². The number of nitrogens with one attached hydrogen (secondary N) is 2. The Morgan fingerprint density at radius 1 is 1.82 bits per heavy atom. The van der Waals surface area contributed by atoms with Gasteiger partial charge in [-0.2, -0.15) is 5.10 Å². The van der Waals surface area contributed by atoms with Crippen LogP contribution in [0.1, 0.15) is 17.3 Å². The molecule has 5 nitrogen and oxygen atoms in total. The molecule has 0 spiro atoms. The van der Waals surface area contributed by atoms with Gasteiger partial charge in [-0.25, -0.2) is 0 Å². The summed E-state index contributed by atoms with van der Waals surface area (Å²) in [5, 5.41) is 18.0. The lowest BCUT2D eigenvalue weighted by Gasteiger charge is -2.01. The molecule has 11 heavy (non-hydrogen) atoms. The predicted molar refractivity (Wildman–Crippen MR) is 35.8 cm³/mol. The lowest BCUT2D eigenvalue weighted by Crippen LogP contribution is -2.21. The van der Waals surface area contributed by atoms with Crippen LogP contribution in [0.25, 0.3) is 0 Å². The maximum absolute atomic E-state index is 10.6. The minimum Gasteiger partial charge on any atom is -0.480 e. The Morgan fingerprint density at radius 2 is 2.64 bits per heavy atom. The van der Waals surface area contributed by atoms with Crippen molar-refractivity contribution in [1.29, 1.82) is 0 Å². The molecule has 1 atom stereocenters. The van der Waals surface area contributed by atoms with E-state index in [0.717, 1.165) is 11.3 Å². The Kier molecular flexibility index (Phi) is 1.19. The summed E-state index contributed by atoms with van der Waals surface area (Å²) in [7, 11) is 0. The molecule has 0 bridgehead atoms. The second-order valence-electron chi connectivity index (χ2n) is 2.44. The van der Waals surface area contributed by atoms with Crippen molar-refractivity contribution in [3.63, 3.8) is 0 Å². The Bertz CT molecular complexity index is 294. The number of carboxylic acids is 1. The molecule has 0 saturated heterocycles. The van der Waals surface area contributed by atoms with E-state index in [2.05, 4.69) is 15.5 Å². The first-order valence-electron chi connectivity index (χ1n) is 3.28. The van der Waals surface area contributed by atoms with E-state index in [4.69, 9.17) is 5.11 Å². The molecule has 5 heteroatoms. The van der Waals surface area contributed by atoms with Crippen molar-refractivity contribution < 1.29 is 9.90 Å². The van der Waals surface area contributed by atoms with Crippen LogP contribution in [0.3, 0.4) is 0 Å². The van der Waals surface area contributed by atoms with Crippen molar-refractivity contribution in [2.24, 2.45) is 0 Å². The van der Waals surface area contributed by atoms with E-state index in [-0.39, 0.29) is 0 Å². The first kappa shape index (κ1) is 6.36. The Labute approximate surface area is 62.4 Å². The van der Waals surface area contributed by atoms with Crippen LogP contribution in [0.15, 0.2) is 6.20 Å². The number of hydrogen-bond acceptors (Lipinski definition) is 3. The molecule has 1 aromatic heterocycles. The fraction of sp³-hybridized carbons (Fsp3) is 0.333. The standard InChI is InChI=1S/C6H7N3O2/c10-6(11)5-3-1-8-9-4(3)2-7-5/h1,5,7H,2H2,(H,8,9)(H,10,11). The molecule has 1 unspecified atom stereocenters. The third kappa shape index (κ3) is 0.813. The van der Waals surface area contributed by atoms with Crippen molar-refractivity contribution in [3.05, 3.63) is 17.5 Å². The van der Waals surface area contributed by atoms with Gasteiger partial charge in [-0.05, 0) is 0 Å². The Balaban J connectivity index is 2.38. The number of carboxylic acid groups (broad SMARTS) is 1. The summed E-state index contributed by atoms with van der Waals surface area (Å²) in [6.45, 7) is 0.538. The number of aromatic nitrogens is 2. The second kappa shape index (κ2) is 2.06. The first-order chi connectivity index (χ1) is 5.29. The zero-order valence-electron chi connectivity index (χ0n) is 5.66. The lowest BCUT2D eigenvalue weighted by atomic mass is 10.2. The zero-order valence-corrected chi connectivity index (χ0v) is 5.66. The summed E-state index contributed by atoms with van der Waals surface area (Å²) in [5.74, 6) is -0.856. The summed E-state index contributed by atoms with van der Waals surface area (Å²) < 4.78 is 0. The third-order valence-electron chi connectivity index (χ3n) is 1.78. The first-order valence-corrected chi connectivity index (χ1v) is 3.28. The number of carbonyl (C=O) groups is 1. The summed E-state index contributed by atoms with van der Waals surface area (Å²) in [6, 6.07) is -0.580. The van der Waals surface area contributed by atoms with Crippen molar-refractivity contribution in [2.45, 2.75) is 12.6 Å². The highest BCUT2D eigenvalue weighted by atomic mass is 16.4. The maximum Gasteiger partial charge on any atom is 0.325 e. The minimum absolute atomic E-state index is 0.538. The summed E-state index contributed by atoms with van der Waals surface area (Å²) >= 11 is 0. The van der Waals surface area contributed by atoms with E-state index in [1.54, 1.807) is 6.20 Å². The average molecular weight is 153 g/mol. The number of hydrogen-bond donors (Lipinski definition) is 3. The summed E-state index contributed by atoms with van der Waals surface area (Å²) in [5.41, 5.74) is 1.55. The summed E-state index contributed by atoms with van der Waals surface area (Å²) in [6.07, 6.45) is 1.62. The smallest absolute Gasteiger partial charge is 0.325 e. The van der Waals surface area contributed by atoms with Gasteiger partial charge in [-0.15, -0.1) is 0 Å². The fourth-order valence-electron chi connectivity index (χ4n) is 1.25. The van der Waals surface area contributed by atoms with Crippen LogP contribution in [0.4, 0.5) is 0 Å². The highest BCUT2D eigenvalue weighted by Crippen LogP contribution is 2.22. The quantitative estimate of drug-likeness (QED) is 0.514. The van der Waals surface area contributed by atoms with E-state index in [0.29, 0.717) is 6.54 Å². The highest BCUT2D eigenvalue weighted by Gasteiger charge is 2.29. The van der Waals surface area contributed by atoms with Gasteiger partial charge in [-0.1, -0.05) is 0 Å². The van der Waals surface area contributed by atoms with E-state index in [1.807, 2.05) is 0 Å². The zero-order chi connectivity index (χ0) is 7.84. The number of aromatic amines is 1. The number of aliphatic carboxylic acids is 1. The number of nitrogens with zero attached hydrogens (tertiary/aromatic N) is 1.